The van der Waals surface area contributed by atoms with E-state index in [0.29, 0.717) is 11.3 Å². The zero-order valence-corrected chi connectivity index (χ0v) is 13.0. The molecule has 0 saturated heterocycles. The van der Waals surface area contributed by atoms with Gasteiger partial charge >= 0.3 is 0 Å². The number of hydrogen-bond acceptors (Lipinski definition) is 3. The van der Waals surface area contributed by atoms with Crippen LogP contribution in [0.15, 0.2) is 10.7 Å². The molecule has 0 radical (unpaired) electrons. The number of anilines is 1. The zero-order valence-electron chi connectivity index (χ0n) is 11.5. The lowest BCUT2D eigenvalue weighted by atomic mass is 10.0. The minimum Gasteiger partial charge on any atom is -0.369 e. The molecule has 1 aliphatic carbocycles. The summed E-state index contributed by atoms with van der Waals surface area (Å²) in [4.78, 5) is 8.97. The Morgan fingerprint density at radius 3 is 2.67 bits per heavy atom. The first kappa shape index (κ1) is 13.8. The van der Waals surface area contributed by atoms with Gasteiger partial charge in [0.1, 0.15) is 16.2 Å². The Hall–Kier alpha value is -0.640. The van der Waals surface area contributed by atoms with Crippen LogP contribution in [0.3, 0.4) is 0 Å². The third-order valence-corrected chi connectivity index (χ3v) is 4.02. The summed E-state index contributed by atoms with van der Waals surface area (Å²) in [5, 5.41) is 3.49. The molecule has 1 heterocycles. The molecule has 1 fully saturated rings. The van der Waals surface area contributed by atoms with Crippen LogP contribution in [0, 0.1) is 5.41 Å². The van der Waals surface area contributed by atoms with E-state index in [4.69, 9.17) is 0 Å². The molecule has 0 aromatic carbocycles. The second-order valence-corrected chi connectivity index (χ2v) is 6.50. The summed E-state index contributed by atoms with van der Waals surface area (Å²) < 4.78 is 0.865. The van der Waals surface area contributed by atoms with Crippen LogP contribution in [-0.2, 0) is 0 Å². The minimum absolute atomic E-state index is 0.355. The van der Waals surface area contributed by atoms with Crippen molar-refractivity contribution in [2.45, 2.75) is 52.4 Å². The Labute approximate surface area is 118 Å². The first-order chi connectivity index (χ1) is 8.54. The Bertz CT molecular complexity index is 414. The highest BCUT2D eigenvalue weighted by atomic mass is 79.9. The number of hydrogen-bond donors (Lipinski definition) is 1. The SMILES string of the molecule is CCCC1(CNc2cc(Br)nc(C(C)C)n2)CC1. The van der Waals surface area contributed by atoms with Gasteiger partial charge in [0.15, 0.2) is 0 Å². The van der Waals surface area contributed by atoms with Crippen molar-refractivity contribution in [3.63, 3.8) is 0 Å². The van der Waals surface area contributed by atoms with Crippen LogP contribution in [0.1, 0.15) is 58.2 Å². The van der Waals surface area contributed by atoms with E-state index in [1.165, 1.54) is 25.7 Å². The van der Waals surface area contributed by atoms with E-state index in [2.05, 4.69) is 52.0 Å². The highest BCUT2D eigenvalue weighted by Gasteiger charge is 2.41. The topological polar surface area (TPSA) is 37.8 Å². The van der Waals surface area contributed by atoms with Gasteiger partial charge in [-0.1, -0.05) is 27.2 Å². The van der Waals surface area contributed by atoms with E-state index in [0.717, 1.165) is 22.8 Å². The van der Waals surface area contributed by atoms with Gasteiger partial charge in [0.25, 0.3) is 0 Å². The summed E-state index contributed by atoms with van der Waals surface area (Å²) >= 11 is 3.46. The van der Waals surface area contributed by atoms with Crippen LogP contribution in [0.5, 0.6) is 0 Å². The lowest BCUT2D eigenvalue weighted by Crippen LogP contribution is -2.16. The Morgan fingerprint density at radius 1 is 1.39 bits per heavy atom. The number of aromatic nitrogens is 2. The minimum atomic E-state index is 0.355. The first-order valence-corrected chi connectivity index (χ1v) is 7.62. The van der Waals surface area contributed by atoms with Gasteiger partial charge in [0.05, 0.1) is 0 Å². The summed E-state index contributed by atoms with van der Waals surface area (Å²) in [6.45, 7) is 7.54. The van der Waals surface area contributed by atoms with E-state index < -0.39 is 0 Å². The predicted octanol–water partition coefficient (Wildman–Crippen LogP) is 4.35. The largest absolute Gasteiger partial charge is 0.369 e. The van der Waals surface area contributed by atoms with Gasteiger partial charge < -0.3 is 5.32 Å². The predicted molar refractivity (Wildman–Crippen MR) is 78.9 cm³/mol. The van der Waals surface area contributed by atoms with Crippen molar-refractivity contribution in [3.8, 4) is 0 Å². The molecule has 2 rings (SSSR count). The van der Waals surface area contributed by atoms with Gasteiger partial charge in [-0.15, -0.1) is 0 Å². The normalized spacial score (nSPS) is 16.9. The van der Waals surface area contributed by atoms with Gasteiger partial charge in [0.2, 0.25) is 0 Å². The van der Waals surface area contributed by atoms with Crippen LogP contribution in [0.25, 0.3) is 0 Å². The lowest BCUT2D eigenvalue weighted by molar-refractivity contribution is 0.485. The van der Waals surface area contributed by atoms with Crippen LogP contribution in [0.4, 0.5) is 5.82 Å². The lowest BCUT2D eigenvalue weighted by Gasteiger charge is -2.16. The van der Waals surface area contributed by atoms with E-state index in [1.807, 2.05) is 6.07 Å². The summed E-state index contributed by atoms with van der Waals surface area (Å²) in [6, 6.07) is 1.97. The molecule has 1 aliphatic rings. The van der Waals surface area contributed by atoms with Gasteiger partial charge in [0, 0.05) is 18.5 Å². The summed E-state index contributed by atoms with van der Waals surface area (Å²) in [6.07, 6.45) is 5.31. The van der Waals surface area contributed by atoms with Gasteiger partial charge in [-0.05, 0) is 40.6 Å². The maximum Gasteiger partial charge on any atom is 0.134 e. The molecule has 18 heavy (non-hydrogen) atoms. The number of rotatable bonds is 6. The molecule has 3 nitrogen and oxygen atoms in total. The third-order valence-electron chi connectivity index (χ3n) is 3.61. The van der Waals surface area contributed by atoms with Crippen molar-refractivity contribution in [1.29, 1.82) is 0 Å². The van der Waals surface area contributed by atoms with E-state index in [1.54, 1.807) is 0 Å². The molecule has 1 saturated carbocycles. The molecule has 100 valence electrons. The third kappa shape index (κ3) is 3.44. The highest BCUT2D eigenvalue weighted by Crippen LogP contribution is 2.49. The highest BCUT2D eigenvalue weighted by molar-refractivity contribution is 9.10. The molecular weight excluding hydrogens is 290 g/mol. The first-order valence-electron chi connectivity index (χ1n) is 6.83. The van der Waals surface area contributed by atoms with Crippen molar-refractivity contribution in [2.75, 3.05) is 11.9 Å². The molecule has 0 bridgehead atoms. The van der Waals surface area contributed by atoms with E-state index >= 15 is 0 Å². The maximum absolute atomic E-state index is 4.57. The number of nitrogens with one attached hydrogen (secondary N) is 1. The van der Waals surface area contributed by atoms with Crippen LogP contribution < -0.4 is 5.32 Å². The van der Waals surface area contributed by atoms with Crippen LogP contribution in [-0.4, -0.2) is 16.5 Å². The average Bonchev–Trinajstić information content (AvgIpc) is 3.07. The molecule has 1 N–H and O–H groups in total. The van der Waals surface area contributed by atoms with E-state index in [-0.39, 0.29) is 0 Å². The molecule has 1 aromatic rings. The maximum atomic E-state index is 4.57. The summed E-state index contributed by atoms with van der Waals surface area (Å²) in [5.74, 6) is 2.20. The van der Waals surface area contributed by atoms with Crippen LogP contribution >= 0.6 is 15.9 Å². The standard InChI is InChI=1S/C14H22BrN3/c1-4-5-14(6-7-14)9-16-12-8-11(15)17-13(18-12)10(2)3/h8,10H,4-7,9H2,1-3H3,(H,16,17,18). The van der Waals surface area contributed by atoms with Gasteiger partial charge in [-0.2, -0.15) is 0 Å². The molecule has 0 aliphatic heterocycles. The smallest absolute Gasteiger partial charge is 0.134 e. The summed E-state index contributed by atoms with van der Waals surface area (Å²) in [7, 11) is 0. The summed E-state index contributed by atoms with van der Waals surface area (Å²) in [5.41, 5.74) is 0.546. The van der Waals surface area contributed by atoms with Crippen LogP contribution in [0.2, 0.25) is 0 Å². The van der Waals surface area contributed by atoms with Gasteiger partial charge in [-0.25, -0.2) is 9.97 Å². The monoisotopic (exact) mass is 311 g/mol. The molecule has 1 aromatic heterocycles. The molecular formula is C14H22BrN3. The quantitative estimate of drug-likeness (QED) is 0.793. The Kier molecular flexibility index (Phi) is 4.25. The van der Waals surface area contributed by atoms with Crippen molar-refractivity contribution < 1.29 is 0 Å². The fourth-order valence-electron chi connectivity index (χ4n) is 2.28. The van der Waals surface area contributed by atoms with Crippen molar-refractivity contribution in [2.24, 2.45) is 5.41 Å². The second kappa shape index (κ2) is 5.55. The van der Waals surface area contributed by atoms with Crippen molar-refractivity contribution in [1.82, 2.24) is 9.97 Å². The van der Waals surface area contributed by atoms with Crippen molar-refractivity contribution >= 4 is 21.7 Å². The van der Waals surface area contributed by atoms with Gasteiger partial charge in [-0.3, -0.25) is 0 Å². The zero-order chi connectivity index (χ0) is 13.2. The van der Waals surface area contributed by atoms with Crippen molar-refractivity contribution in [3.05, 3.63) is 16.5 Å². The Balaban J connectivity index is 2.01. The Morgan fingerprint density at radius 2 is 2.11 bits per heavy atom. The molecule has 0 amide bonds. The molecule has 0 spiro atoms. The second-order valence-electron chi connectivity index (χ2n) is 5.69. The van der Waals surface area contributed by atoms with E-state index in [9.17, 15) is 0 Å². The molecule has 4 heteroatoms. The fourth-order valence-corrected chi connectivity index (χ4v) is 2.68. The molecule has 0 unspecified atom stereocenters. The number of nitrogens with zero attached hydrogens (tertiary/aromatic N) is 2. The average molecular weight is 312 g/mol. The molecule has 0 atom stereocenters. The fraction of sp³-hybridized carbons (Fsp3) is 0.714. The number of halogens is 1.